The number of methoxy groups -OCH3 is 1. The van der Waals surface area contributed by atoms with Crippen LogP contribution in [-0.2, 0) is 27.2 Å². The van der Waals surface area contributed by atoms with Gasteiger partial charge in [-0.05, 0) is 30.0 Å². The number of halogens is 1. The highest BCUT2D eigenvalue weighted by molar-refractivity contribution is 6.31. The summed E-state index contributed by atoms with van der Waals surface area (Å²) in [5.74, 6) is -0.895. The van der Waals surface area contributed by atoms with Crippen LogP contribution in [0.3, 0.4) is 0 Å². The Balaban J connectivity index is 2.50. The van der Waals surface area contributed by atoms with Crippen LogP contribution < -0.4 is 5.32 Å². The van der Waals surface area contributed by atoms with E-state index in [-0.39, 0.29) is 36.9 Å². The summed E-state index contributed by atoms with van der Waals surface area (Å²) in [5.41, 5.74) is 3.10. The van der Waals surface area contributed by atoms with Crippen molar-refractivity contribution in [3.05, 3.63) is 39.6 Å². The molecule has 1 aliphatic rings. The van der Waals surface area contributed by atoms with E-state index in [1.807, 2.05) is 26.0 Å². The standard InChI is InChI=1S/C18H23ClN2O4/c1-4-11-6-7-14(19)12(5-2)15(11)20-16-13(18(24)25-3)10-21(8-9-22)17(16)23/h6-7,20,22H,4-5,8-10H2,1-3H3. The highest BCUT2D eigenvalue weighted by atomic mass is 35.5. The number of anilines is 1. The van der Waals surface area contributed by atoms with Crippen LogP contribution >= 0.6 is 11.6 Å². The Morgan fingerprint density at radius 1 is 1.36 bits per heavy atom. The molecule has 1 heterocycles. The van der Waals surface area contributed by atoms with E-state index in [1.165, 1.54) is 12.0 Å². The van der Waals surface area contributed by atoms with E-state index in [0.717, 1.165) is 23.2 Å². The van der Waals surface area contributed by atoms with E-state index in [0.29, 0.717) is 11.4 Å². The van der Waals surface area contributed by atoms with Crippen LogP contribution in [0, 0.1) is 0 Å². The van der Waals surface area contributed by atoms with Crippen LogP contribution in [0.4, 0.5) is 5.69 Å². The van der Waals surface area contributed by atoms with Gasteiger partial charge < -0.3 is 20.1 Å². The number of nitrogens with one attached hydrogen (secondary N) is 1. The summed E-state index contributed by atoms with van der Waals surface area (Å²) in [5, 5.41) is 12.9. The molecule has 2 rings (SSSR count). The summed E-state index contributed by atoms with van der Waals surface area (Å²) >= 11 is 6.31. The molecule has 1 aliphatic heterocycles. The molecule has 1 amide bonds. The number of amides is 1. The normalized spacial score (nSPS) is 14.3. The average Bonchev–Trinajstić information content (AvgIpc) is 2.91. The van der Waals surface area contributed by atoms with Gasteiger partial charge in [-0.3, -0.25) is 4.79 Å². The average molecular weight is 367 g/mol. The maximum absolute atomic E-state index is 12.7. The fraction of sp³-hybridized carbons (Fsp3) is 0.444. The topological polar surface area (TPSA) is 78.9 Å². The number of aryl methyl sites for hydroxylation is 1. The molecule has 0 aromatic heterocycles. The van der Waals surface area contributed by atoms with Crippen molar-refractivity contribution in [3.8, 4) is 0 Å². The first-order valence-corrected chi connectivity index (χ1v) is 8.65. The number of hydrogen-bond donors (Lipinski definition) is 2. The molecule has 1 aromatic rings. The molecule has 0 saturated carbocycles. The van der Waals surface area contributed by atoms with Crippen LogP contribution in [0.25, 0.3) is 0 Å². The summed E-state index contributed by atoms with van der Waals surface area (Å²) in [4.78, 5) is 26.2. The first kappa shape index (κ1) is 19.3. The number of nitrogens with zero attached hydrogens (tertiary/aromatic N) is 1. The highest BCUT2D eigenvalue weighted by Gasteiger charge is 2.35. The number of ether oxygens (including phenoxy) is 1. The van der Waals surface area contributed by atoms with Crippen molar-refractivity contribution in [1.29, 1.82) is 0 Å². The minimum absolute atomic E-state index is 0.109. The zero-order valence-corrected chi connectivity index (χ0v) is 15.4. The number of esters is 1. The predicted octanol–water partition coefficient (Wildman–Crippen LogP) is 2.14. The van der Waals surface area contributed by atoms with Crippen molar-refractivity contribution in [2.24, 2.45) is 0 Å². The quantitative estimate of drug-likeness (QED) is 0.723. The lowest BCUT2D eigenvalue weighted by Crippen LogP contribution is -2.31. The number of hydrogen-bond acceptors (Lipinski definition) is 5. The second-order valence-corrected chi connectivity index (χ2v) is 6.09. The molecule has 0 atom stereocenters. The zero-order valence-electron chi connectivity index (χ0n) is 14.7. The number of rotatable bonds is 7. The minimum Gasteiger partial charge on any atom is -0.466 e. The summed E-state index contributed by atoms with van der Waals surface area (Å²) in [6.07, 6.45) is 1.44. The molecular formula is C18H23ClN2O4. The van der Waals surface area contributed by atoms with E-state index in [1.54, 1.807) is 0 Å². The smallest absolute Gasteiger partial charge is 0.337 e. The molecule has 0 fully saturated rings. The predicted molar refractivity (Wildman–Crippen MR) is 96.5 cm³/mol. The molecule has 1 aromatic carbocycles. The van der Waals surface area contributed by atoms with Crippen LogP contribution in [0.2, 0.25) is 5.02 Å². The van der Waals surface area contributed by atoms with Crippen LogP contribution in [0.1, 0.15) is 25.0 Å². The molecule has 0 bridgehead atoms. The Morgan fingerprint density at radius 2 is 2.08 bits per heavy atom. The fourth-order valence-corrected chi connectivity index (χ4v) is 3.23. The monoisotopic (exact) mass is 366 g/mol. The van der Waals surface area contributed by atoms with Gasteiger partial charge in [-0.15, -0.1) is 0 Å². The number of aliphatic hydroxyl groups excluding tert-OH is 1. The van der Waals surface area contributed by atoms with E-state index < -0.39 is 5.97 Å². The lowest BCUT2D eigenvalue weighted by atomic mass is 10.0. The summed E-state index contributed by atoms with van der Waals surface area (Å²) < 4.78 is 4.81. The maximum atomic E-state index is 12.7. The van der Waals surface area contributed by atoms with Gasteiger partial charge >= 0.3 is 5.97 Å². The van der Waals surface area contributed by atoms with E-state index in [4.69, 9.17) is 21.4 Å². The number of β-amino-alcohol motifs (C(OH)–C–C–N with tert-alkyl or cyclic N) is 1. The SMILES string of the molecule is CCc1ccc(Cl)c(CC)c1NC1=C(C(=O)OC)CN(CCO)C1=O. The summed E-state index contributed by atoms with van der Waals surface area (Å²) in [6.45, 7) is 4.08. The third-order valence-electron chi connectivity index (χ3n) is 4.28. The van der Waals surface area contributed by atoms with Crippen LogP contribution in [-0.4, -0.2) is 48.7 Å². The first-order valence-electron chi connectivity index (χ1n) is 8.27. The van der Waals surface area contributed by atoms with Gasteiger partial charge in [0, 0.05) is 17.3 Å². The summed E-state index contributed by atoms with van der Waals surface area (Å²) in [6, 6.07) is 3.75. The van der Waals surface area contributed by atoms with Crippen molar-refractivity contribution in [2.45, 2.75) is 26.7 Å². The molecule has 0 unspecified atom stereocenters. The third kappa shape index (κ3) is 3.80. The van der Waals surface area contributed by atoms with Gasteiger partial charge in [0.1, 0.15) is 5.70 Å². The molecule has 2 N–H and O–H groups in total. The van der Waals surface area contributed by atoms with Crippen molar-refractivity contribution in [3.63, 3.8) is 0 Å². The largest absolute Gasteiger partial charge is 0.466 e. The molecular weight excluding hydrogens is 344 g/mol. The Morgan fingerprint density at radius 3 is 2.64 bits per heavy atom. The maximum Gasteiger partial charge on any atom is 0.337 e. The first-order chi connectivity index (χ1) is 12.0. The molecule has 7 heteroatoms. The molecule has 136 valence electrons. The molecule has 6 nitrogen and oxygen atoms in total. The number of carbonyl (C=O) groups is 2. The van der Waals surface area contributed by atoms with Gasteiger partial charge in [-0.1, -0.05) is 31.5 Å². The van der Waals surface area contributed by atoms with Crippen molar-refractivity contribution >= 4 is 29.2 Å². The Kier molecular flexibility index (Phi) is 6.45. The second-order valence-electron chi connectivity index (χ2n) is 5.69. The zero-order chi connectivity index (χ0) is 18.6. The van der Waals surface area contributed by atoms with Crippen LogP contribution in [0.15, 0.2) is 23.4 Å². The second kappa shape index (κ2) is 8.36. The number of benzene rings is 1. The molecule has 25 heavy (non-hydrogen) atoms. The lowest BCUT2D eigenvalue weighted by Gasteiger charge is -2.19. The minimum atomic E-state index is -0.561. The van der Waals surface area contributed by atoms with Crippen molar-refractivity contribution in [1.82, 2.24) is 4.90 Å². The van der Waals surface area contributed by atoms with E-state index in [2.05, 4.69) is 5.32 Å². The van der Waals surface area contributed by atoms with Crippen molar-refractivity contribution in [2.75, 3.05) is 32.1 Å². The Bertz CT molecular complexity index is 715. The molecule has 0 saturated heterocycles. The van der Waals surface area contributed by atoms with Gasteiger partial charge in [0.05, 0.1) is 25.8 Å². The van der Waals surface area contributed by atoms with E-state index in [9.17, 15) is 9.59 Å². The lowest BCUT2D eigenvalue weighted by molar-refractivity contribution is -0.136. The Hall–Kier alpha value is -2.05. The molecule has 0 radical (unpaired) electrons. The van der Waals surface area contributed by atoms with Gasteiger partial charge in [-0.25, -0.2) is 4.79 Å². The number of aliphatic hydroxyl groups is 1. The van der Waals surface area contributed by atoms with Gasteiger partial charge in [0.25, 0.3) is 5.91 Å². The van der Waals surface area contributed by atoms with Gasteiger partial charge in [0.2, 0.25) is 0 Å². The van der Waals surface area contributed by atoms with E-state index >= 15 is 0 Å². The van der Waals surface area contributed by atoms with Gasteiger partial charge in [-0.2, -0.15) is 0 Å². The fourth-order valence-electron chi connectivity index (χ4n) is 2.94. The number of carbonyl (C=O) groups excluding carboxylic acids is 2. The van der Waals surface area contributed by atoms with Gasteiger partial charge in [0.15, 0.2) is 0 Å². The molecule has 0 aliphatic carbocycles. The van der Waals surface area contributed by atoms with Crippen LogP contribution in [0.5, 0.6) is 0 Å². The Labute approximate surface area is 152 Å². The third-order valence-corrected chi connectivity index (χ3v) is 4.63. The van der Waals surface area contributed by atoms with Crippen molar-refractivity contribution < 1.29 is 19.4 Å². The summed E-state index contributed by atoms with van der Waals surface area (Å²) in [7, 11) is 1.28. The highest BCUT2D eigenvalue weighted by Crippen LogP contribution is 2.32. The molecule has 0 spiro atoms.